The first-order valence-electron chi connectivity index (χ1n) is 5.75. The molecule has 1 rings (SSSR count). The van der Waals surface area contributed by atoms with Gasteiger partial charge in [0.25, 0.3) is 0 Å². The van der Waals surface area contributed by atoms with Crippen LogP contribution in [-0.2, 0) is 5.41 Å². The lowest BCUT2D eigenvalue weighted by molar-refractivity contribution is 0.328. The molecule has 0 heterocycles. The van der Waals surface area contributed by atoms with Gasteiger partial charge in [0.15, 0.2) is 0 Å². The third-order valence-corrected chi connectivity index (χ3v) is 3.25. The molecule has 0 spiro atoms. The molecule has 1 unspecified atom stereocenters. The normalized spacial score (nSPS) is 13.4. The van der Waals surface area contributed by atoms with E-state index in [0.717, 1.165) is 12.8 Å². The second kappa shape index (κ2) is 5.83. The molecule has 2 nitrogen and oxygen atoms in total. The van der Waals surface area contributed by atoms with Gasteiger partial charge in [0.1, 0.15) is 0 Å². The van der Waals surface area contributed by atoms with Gasteiger partial charge in [0.05, 0.1) is 0 Å². The first-order chi connectivity index (χ1) is 7.62. The maximum absolute atomic E-state index is 5.65. The van der Waals surface area contributed by atoms with Crippen LogP contribution in [0.1, 0.15) is 32.3 Å². The van der Waals surface area contributed by atoms with Crippen LogP contribution in [0.15, 0.2) is 43.0 Å². The first kappa shape index (κ1) is 12.9. The fourth-order valence-electron chi connectivity index (χ4n) is 2.01. The second-order valence-corrected chi connectivity index (χ2v) is 4.67. The summed E-state index contributed by atoms with van der Waals surface area (Å²) >= 11 is 0. The van der Waals surface area contributed by atoms with Gasteiger partial charge in [0.2, 0.25) is 0 Å². The van der Waals surface area contributed by atoms with E-state index in [2.05, 4.69) is 50.1 Å². The Hall–Kier alpha value is -1.12. The van der Waals surface area contributed by atoms with Crippen molar-refractivity contribution in [1.82, 2.24) is 5.43 Å². The molecule has 16 heavy (non-hydrogen) atoms. The standard InChI is InChI=1S/C14H22N2/c1-4-5-11-13(16-15)14(2,3)12-9-7-6-8-10-12/h4,6-10,13,16H,1,5,11,15H2,2-3H3. The summed E-state index contributed by atoms with van der Waals surface area (Å²) in [6.45, 7) is 8.19. The van der Waals surface area contributed by atoms with Crippen LogP contribution in [0.3, 0.4) is 0 Å². The average Bonchev–Trinajstić information content (AvgIpc) is 2.31. The van der Waals surface area contributed by atoms with Crippen molar-refractivity contribution in [2.24, 2.45) is 5.84 Å². The fraction of sp³-hybridized carbons (Fsp3) is 0.429. The van der Waals surface area contributed by atoms with Crippen molar-refractivity contribution < 1.29 is 0 Å². The number of nitrogens with two attached hydrogens (primary N) is 1. The quantitative estimate of drug-likeness (QED) is 0.438. The minimum Gasteiger partial charge on any atom is -0.271 e. The Morgan fingerprint density at radius 2 is 2.00 bits per heavy atom. The highest BCUT2D eigenvalue weighted by Gasteiger charge is 2.29. The summed E-state index contributed by atoms with van der Waals surface area (Å²) in [6, 6.07) is 10.7. The van der Waals surface area contributed by atoms with Crippen LogP contribution in [0, 0.1) is 0 Å². The van der Waals surface area contributed by atoms with Crippen molar-refractivity contribution in [3.8, 4) is 0 Å². The number of hydrazine groups is 1. The summed E-state index contributed by atoms with van der Waals surface area (Å²) in [4.78, 5) is 0. The molecule has 0 aliphatic rings. The van der Waals surface area contributed by atoms with Gasteiger partial charge in [-0.25, -0.2) is 0 Å². The Labute approximate surface area is 98.5 Å². The van der Waals surface area contributed by atoms with Crippen LogP contribution in [0.5, 0.6) is 0 Å². The van der Waals surface area contributed by atoms with Gasteiger partial charge in [0, 0.05) is 11.5 Å². The molecule has 0 bridgehead atoms. The van der Waals surface area contributed by atoms with Crippen molar-refractivity contribution in [2.75, 3.05) is 0 Å². The van der Waals surface area contributed by atoms with Crippen LogP contribution in [0.4, 0.5) is 0 Å². The molecule has 0 amide bonds. The molecule has 0 aliphatic carbocycles. The van der Waals surface area contributed by atoms with E-state index in [0.29, 0.717) is 0 Å². The van der Waals surface area contributed by atoms with Crippen molar-refractivity contribution in [3.63, 3.8) is 0 Å². The summed E-state index contributed by atoms with van der Waals surface area (Å²) in [7, 11) is 0. The van der Waals surface area contributed by atoms with E-state index in [1.54, 1.807) is 0 Å². The molecule has 0 radical (unpaired) electrons. The van der Waals surface area contributed by atoms with Crippen molar-refractivity contribution in [3.05, 3.63) is 48.6 Å². The van der Waals surface area contributed by atoms with Crippen molar-refractivity contribution in [1.29, 1.82) is 0 Å². The highest BCUT2D eigenvalue weighted by molar-refractivity contribution is 5.25. The molecule has 1 aromatic rings. The predicted octanol–water partition coefficient (Wildman–Crippen LogP) is 2.76. The number of hydrogen-bond donors (Lipinski definition) is 2. The molecule has 0 aliphatic heterocycles. The maximum atomic E-state index is 5.65. The van der Waals surface area contributed by atoms with E-state index in [9.17, 15) is 0 Å². The minimum atomic E-state index is 0.0268. The summed E-state index contributed by atoms with van der Waals surface area (Å²) in [5.74, 6) is 5.65. The number of allylic oxidation sites excluding steroid dienone is 1. The minimum absolute atomic E-state index is 0.0268. The molecule has 88 valence electrons. The number of benzene rings is 1. The van der Waals surface area contributed by atoms with Gasteiger partial charge in [-0.3, -0.25) is 11.3 Å². The highest BCUT2D eigenvalue weighted by atomic mass is 15.2. The smallest absolute Gasteiger partial charge is 0.0304 e. The maximum Gasteiger partial charge on any atom is 0.0304 e. The zero-order valence-corrected chi connectivity index (χ0v) is 10.2. The van der Waals surface area contributed by atoms with E-state index >= 15 is 0 Å². The zero-order valence-electron chi connectivity index (χ0n) is 10.2. The van der Waals surface area contributed by atoms with Crippen molar-refractivity contribution >= 4 is 0 Å². The molecule has 0 fully saturated rings. The van der Waals surface area contributed by atoms with Crippen LogP contribution in [0.25, 0.3) is 0 Å². The van der Waals surface area contributed by atoms with Crippen LogP contribution < -0.4 is 11.3 Å². The van der Waals surface area contributed by atoms with E-state index in [1.807, 2.05) is 12.1 Å². The largest absolute Gasteiger partial charge is 0.271 e. The molecular formula is C14H22N2. The third kappa shape index (κ3) is 2.94. The van der Waals surface area contributed by atoms with Crippen LogP contribution >= 0.6 is 0 Å². The summed E-state index contributed by atoms with van der Waals surface area (Å²) in [5, 5.41) is 0. The first-order valence-corrected chi connectivity index (χ1v) is 5.75. The van der Waals surface area contributed by atoms with Gasteiger partial charge in [-0.2, -0.15) is 0 Å². The Morgan fingerprint density at radius 1 is 1.38 bits per heavy atom. The molecular weight excluding hydrogens is 196 g/mol. The SMILES string of the molecule is C=CCCC(NN)C(C)(C)c1ccccc1. The molecule has 0 saturated carbocycles. The zero-order chi connectivity index (χ0) is 12.0. The lowest BCUT2D eigenvalue weighted by atomic mass is 9.76. The summed E-state index contributed by atoms with van der Waals surface area (Å²) in [6.07, 6.45) is 3.92. The van der Waals surface area contributed by atoms with Gasteiger partial charge >= 0.3 is 0 Å². The molecule has 3 N–H and O–H groups in total. The third-order valence-electron chi connectivity index (χ3n) is 3.25. The number of rotatable bonds is 6. The van der Waals surface area contributed by atoms with Crippen molar-refractivity contribution in [2.45, 2.75) is 38.1 Å². The van der Waals surface area contributed by atoms with Gasteiger partial charge < -0.3 is 0 Å². The van der Waals surface area contributed by atoms with E-state index < -0.39 is 0 Å². The molecule has 1 aromatic carbocycles. The van der Waals surface area contributed by atoms with Crippen LogP contribution in [0.2, 0.25) is 0 Å². The summed E-state index contributed by atoms with van der Waals surface area (Å²) < 4.78 is 0. The lowest BCUT2D eigenvalue weighted by Gasteiger charge is -2.34. The van der Waals surface area contributed by atoms with E-state index in [4.69, 9.17) is 5.84 Å². The Bertz CT molecular complexity index is 317. The molecule has 2 heteroatoms. The highest BCUT2D eigenvalue weighted by Crippen LogP contribution is 2.28. The molecule has 1 atom stereocenters. The fourth-order valence-corrected chi connectivity index (χ4v) is 2.01. The lowest BCUT2D eigenvalue weighted by Crippen LogP contribution is -2.48. The Balaban J connectivity index is 2.85. The van der Waals surface area contributed by atoms with E-state index in [1.165, 1.54) is 5.56 Å². The Morgan fingerprint density at radius 3 is 2.50 bits per heavy atom. The Kier molecular flexibility index (Phi) is 4.71. The van der Waals surface area contributed by atoms with Gasteiger partial charge in [-0.15, -0.1) is 6.58 Å². The summed E-state index contributed by atoms with van der Waals surface area (Å²) in [5.41, 5.74) is 4.26. The second-order valence-electron chi connectivity index (χ2n) is 4.67. The predicted molar refractivity (Wildman–Crippen MR) is 70.0 cm³/mol. The monoisotopic (exact) mass is 218 g/mol. The average molecular weight is 218 g/mol. The topological polar surface area (TPSA) is 38.0 Å². The number of hydrogen-bond acceptors (Lipinski definition) is 2. The number of nitrogens with one attached hydrogen (secondary N) is 1. The van der Waals surface area contributed by atoms with Gasteiger partial charge in [-0.1, -0.05) is 50.3 Å². The molecule has 0 saturated heterocycles. The van der Waals surface area contributed by atoms with Gasteiger partial charge in [-0.05, 0) is 18.4 Å². The molecule has 0 aromatic heterocycles. The van der Waals surface area contributed by atoms with Crippen LogP contribution in [-0.4, -0.2) is 6.04 Å². The van der Waals surface area contributed by atoms with E-state index in [-0.39, 0.29) is 11.5 Å².